The van der Waals surface area contributed by atoms with Gasteiger partial charge < -0.3 is 4.90 Å². The molecule has 1 aromatic carbocycles. The molecule has 26 heavy (non-hydrogen) atoms. The number of aryl methyl sites for hydroxylation is 2. The highest BCUT2D eigenvalue weighted by Crippen LogP contribution is 2.33. The summed E-state index contributed by atoms with van der Waals surface area (Å²) in [5.41, 5.74) is 3.89. The lowest BCUT2D eigenvalue weighted by molar-refractivity contribution is -0.133. The van der Waals surface area contributed by atoms with Gasteiger partial charge in [-0.3, -0.25) is 9.78 Å². The average Bonchev–Trinajstić information content (AvgIpc) is 3.35. The van der Waals surface area contributed by atoms with E-state index in [0.29, 0.717) is 12.8 Å². The van der Waals surface area contributed by atoms with Crippen LogP contribution in [0.1, 0.15) is 36.1 Å². The summed E-state index contributed by atoms with van der Waals surface area (Å²) in [6, 6.07) is 8.03. The van der Waals surface area contributed by atoms with Gasteiger partial charge in [0.25, 0.3) is 0 Å². The standard InChI is InChI=1S/C20H24N2O3S/c1-13-17-5-3-4-6-19(17)21-14(2)18(13)11-20(23)22(15-7-8-15)16-9-10-26(24,25)12-16/h3-6,15-16H,7-12H2,1-2H3. The summed E-state index contributed by atoms with van der Waals surface area (Å²) < 4.78 is 23.8. The van der Waals surface area contributed by atoms with E-state index in [1.54, 1.807) is 0 Å². The normalized spacial score (nSPS) is 21.8. The van der Waals surface area contributed by atoms with Crippen molar-refractivity contribution < 1.29 is 13.2 Å². The van der Waals surface area contributed by atoms with Crippen molar-refractivity contribution in [1.29, 1.82) is 0 Å². The van der Waals surface area contributed by atoms with Crippen molar-refractivity contribution in [3.63, 3.8) is 0 Å². The van der Waals surface area contributed by atoms with E-state index in [2.05, 4.69) is 4.98 Å². The Balaban J connectivity index is 1.64. The van der Waals surface area contributed by atoms with E-state index in [1.807, 2.05) is 43.0 Å². The molecule has 0 N–H and O–H groups in total. The third-order valence-electron chi connectivity index (χ3n) is 5.64. The number of benzene rings is 1. The van der Waals surface area contributed by atoms with Crippen LogP contribution in [-0.2, 0) is 21.1 Å². The molecule has 5 nitrogen and oxygen atoms in total. The van der Waals surface area contributed by atoms with E-state index in [0.717, 1.165) is 40.6 Å². The van der Waals surface area contributed by atoms with E-state index in [1.165, 1.54) is 0 Å². The minimum Gasteiger partial charge on any atom is -0.335 e. The van der Waals surface area contributed by atoms with Gasteiger partial charge in [0.05, 0.1) is 23.4 Å². The molecule has 0 spiro atoms. The molecule has 2 aliphatic rings. The number of para-hydroxylation sites is 1. The summed E-state index contributed by atoms with van der Waals surface area (Å²) in [5.74, 6) is 0.352. The fraction of sp³-hybridized carbons (Fsp3) is 0.500. The molecule has 6 heteroatoms. The zero-order chi connectivity index (χ0) is 18.5. The number of carbonyl (C=O) groups is 1. The molecule has 1 aliphatic heterocycles. The number of nitrogens with zero attached hydrogens (tertiary/aromatic N) is 2. The van der Waals surface area contributed by atoms with Crippen LogP contribution < -0.4 is 0 Å². The largest absolute Gasteiger partial charge is 0.335 e. The summed E-state index contributed by atoms with van der Waals surface area (Å²) in [6.45, 7) is 3.99. The first-order valence-electron chi connectivity index (χ1n) is 9.22. The molecule has 4 rings (SSSR count). The number of hydrogen-bond acceptors (Lipinski definition) is 4. The lowest BCUT2D eigenvalue weighted by Gasteiger charge is -2.29. The second kappa shape index (κ2) is 6.34. The average molecular weight is 372 g/mol. The third-order valence-corrected chi connectivity index (χ3v) is 7.39. The Morgan fingerprint density at radius 2 is 1.88 bits per heavy atom. The van der Waals surface area contributed by atoms with E-state index in [-0.39, 0.29) is 29.5 Å². The predicted molar refractivity (Wildman–Crippen MR) is 102 cm³/mol. The molecule has 0 radical (unpaired) electrons. The van der Waals surface area contributed by atoms with Crippen molar-refractivity contribution in [3.8, 4) is 0 Å². The van der Waals surface area contributed by atoms with Crippen molar-refractivity contribution in [2.24, 2.45) is 0 Å². The molecule has 1 unspecified atom stereocenters. The van der Waals surface area contributed by atoms with Crippen LogP contribution in [0.4, 0.5) is 0 Å². The number of sulfone groups is 1. The highest BCUT2D eigenvalue weighted by Gasteiger charge is 2.42. The van der Waals surface area contributed by atoms with Gasteiger partial charge in [0, 0.05) is 23.2 Å². The van der Waals surface area contributed by atoms with Crippen molar-refractivity contribution >= 4 is 26.6 Å². The van der Waals surface area contributed by atoms with Gasteiger partial charge in [-0.25, -0.2) is 8.42 Å². The third kappa shape index (κ3) is 3.22. The van der Waals surface area contributed by atoms with Gasteiger partial charge in [0.15, 0.2) is 9.84 Å². The Labute approximate surface area is 154 Å². The number of amides is 1. The molecular formula is C20H24N2O3S. The predicted octanol–water partition coefficient (Wildman–Crippen LogP) is 2.57. The number of pyridine rings is 1. The van der Waals surface area contributed by atoms with Crippen molar-refractivity contribution in [1.82, 2.24) is 9.88 Å². The first kappa shape index (κ1) is 17.5. The molecule has 2 aromatic rings. The molecule has 0 bridgehead atoms. The second-order valence-electron chi connectivity index (χ2n) is 7.58. The van der Waals surface area contributed by atoms with Gasteiger partial charge >= 0.3 is 0 Å². The molecule has 1 amide bonds. The molecule has 1 atom stereocenters. The quantitative estimate of drug-likeness (QED) is 0.827. The van der Waals surface area contributed by atoms with E-state index in [9.17, 15) is 13.2 Å². The molecular weight excluding hydrogens is 348 g/mol. The van der Waals surface area contributed by atoms with Crippen LogP contribution in [0.5, 0.6) is 0 Å². The Hall–Kier alpha value is -1.95. The lowest BCUT2D eigenvalue weighted by Crippen LogP contribution is -2.43. The maximum Gasteiger partial charge on any atom is 0.227 e. The number of fused-ring (bicyclic) bond motifs is 1. The number of aromatic nitrogens is 1. The highest BCUT2D eigenvalue weighted by atomic mass is 32.2. The van der Waals surface area contributed by atoms with Crippen LogP contribution in [0.15, 0.2) is 24.3 Å². The SMILES string of the molecule is Cc1nc2ccccc2c(C)c1CC(=O)N(C1CC1)C1CCS(=O)(=O)C1. The summed E-state index contributed by atoms with van der Waals surface area (Å²) in [7, 11) is -3.00. The van der Waals surface area contributed by atoms with E-state index in [4.69, 9.17) is 0 Å². The molecule has 1 aromatic heterocycles. The molecule has 2 fully saturated rings. The van der Waals surface area contributed by atoms with Crippen LogP contribution in [0.25, 0.3) is 10.9 Å². The van der Waals surface area contributed by atoms with Crippen molar-refractivity contribution in [2.45, 2.75) is 51.6 Å². The summed E-state index contributed by atoms with van der Waals surface area (Å²) in [6.07, 6.45) is 2.83. The van der Waals surface area contributed by atoms with Crippen molar-refractivity contribution in [3.05, 3.63) is 41.1 Å². The van der Waals surface area contributed by atoms with Gasteiger partial charge in [-0.05, 0) is 50.3 Å². The minimum absolute atomic E-state index is 0.0397. The van der Waals surface area contributed by atoms with Gasteiger partial charge in [-0.15, -0.1) is 0 Å². The number of hydrogen-bond donors (Lipinski definition) is 0. The maximum atomic E-state index is 13.1. The maximum absolute atomic E-state index is 13.1. The molecule has 1 aliphatic carbocycles. The first-order chi connectivity index (χ1) is 12.4. The van der Waals surface area contributed by atoms with Gasteiger partial charge in [-0.2, -0.15) is 0 Å². The fourth-order valence-electron chi connectivity index (χ4n) is 4.13. The Morgan fingerprint density at radius 3 is 2.54 bits per heavy atom. The van der Waals surface area contributed by atoms with Crippen LogP contribution >= 0.6 is 0 Å². The first-order valence-corrected chi connectivity index (χ1v) is 11.0. The number of rotatable bonds is 4. The van der Waals surface area contributed by atoms with Crippen LogP contribution in [0.3, 0.4) is 0 Å². The second-order valence-corrected chi connectivity index (χ2v) is 9.81. The Kier molecular flexibility index (Phi) is 4.26. The van der Waals surface area contributed by atoms with Gasteiger partial charge in [0.1, 0.15) is 0 Å². The molecule has 1 saturated carbocycles. The fourth-order valence-corrected chi connectivity index (χ4v) is 5.84. The molecule has 2 heterocycles. The molecule has 138 valence electrons. The number of carbonyl (C=O) groups excluding carboxylic acids is 1. The topological polar surface area (TPSA) is 67.3 Å². The summed E-state index contributed by atoms with van der Waals surface area (Å²) in [4.78, 5) is 19.7. The summed E-state index contributed by atoms with van der Waals surface area (Å²) in [5, 5.41) is 1.07. The van der Waals surface area contributed by atoms with E-state index >= 15 is 0 Å². The smallest absolute Gasteiger partial charge is 0.227 e. The Morgan fingerprint density at radius 1 is 1.15 bits per heavy atom. The van der Waals surface area contributed by atoms with Gasteiger partial charge in [-0.1, -0.05) is 18.2 Å². The van der Waals surface area contributed by atoms with E-state index < -0.39 is 9.84 Å². The van der Waals surface area contributed by atoms with Gasteiger partial charge in [0.2, 0.25) is 5.91 Å². The van der Waals surface area contributed by atoms with Crippen LogP contribution in [-0.4, -0.2) is 47.8 Å². The minimum atomic E-state index is -3.00. The van der Waals surface area contributed by atoms with Crippen LogP contribution in [0, 0.1) is 13.8 Å². The zero-order valence-electron chi connectivity index (χ0n) is 15.2. The lowest BCUT2D eigenvalue weighted by atomic mass is 9.98. The van der Waals surface area contributed by atoms with Crippen molar-refractivity contribution in [2.75, 3.05) is 11.5 Å². The van der Waals surface area contributed by atoms with Crippen LogP contribution in [0.2, 0.25) is 0 Å². The Bertz CT molecular complexity index is 980. The monoisotopic (exact) mass is 372 g/mol. The highest BCUT2D eigenvalue weighted by molar-refractivity contribution is 7.91. The molecule has 1 saturated heterocycles. The summed E-state index contributed by atoms with van der Waals surface area (Å²) >= 11 is 0. The zero-order valence-corrected chi connectivity index (χ0v) is 16.1.